The summed E-state index contributed by atoms with van der Waals surface area (Å²) in [6, 6.07) is 5.68. The second kappa shape index (κ2) is 6.38. The third-order valence-corrected chi connectivity index (χ3v) is 2.72. The summed E-state index contributed by atoms with van der Waals surface area (Å²) in [4.78, 5) is 18.1. The number of hydrogen-bond acceptors (Lipinski definition) is 2. The van der Waals surface area contributed by atoms with Gasteiger partial charge in [-0.3, -0.25) is 4.79 Å². The molecular weight excluding hydrogens is 212 g/mol. The molecule has 0 N–H and O–H groups in total. The highest BCUT2D eigenvalue weighted by molar-refractivity contribution is 5.92. The first-order valence-corrected chi connectivity index (χ1v) is 6.44. The largest absolute Gasteiger partial charge is 0.337 e. The van der Waals surface area contributed by atoms with Crippen molar-refractivity contribution in [1.82, 2.24) is 9.88 Å². The Labute approximate surface area is 104 Å². The Balaban J connectivity index is 0.000000686. The Morgan fingerprint density at radius 2 is 1.94 bits per heavy atom. The molecule has 0 aliphatic carbocycles. The van der Waals surface area contributed by atoms with Crippen molar-refractivity contribution in [2.75, 3.05) is 13.1 Å². The zero-order valence-corrected chi connectivity index (χ0v) is 11.2. The van der Waals surface area contributed by atoms with Crippen molar-refractivity contribution in [3.8, 4) is 0 Å². The van der Waals surface area contributed by atoms with E-state index in [0.29, 0.717) is 11.6 Å². The summed E-state index contributed by atoms with van der Waals surface area (Å²) in [6.07, 6.45) is 1.12. The molecule has 0 radical (unpaired) electrons. The molecule has 94 valence electrons. The van der Waals surface area contributed by atoms with Gasteiger partial charge in [0, 0.05) is 18.8 Å². The Morgan fingerprint density at radius 1 is 1.29 bits per heavy atom. The fraction of sp³-hybridized carbons (Fsp3) is 0.571. The molecule has 0 spiro atoms. The third-order valence-electron chi connectivity index (χ3n) is 2.72. The molecule has 0 saturated carbocycles. The standard InChI is InChI=1S/C12H16N2O.C2H6/c1-9(2)10-5-3-6-11(13-10)12(15)14-7-4-8-14;1-2/h3,5-6,9H,4,7-8H2,1-2H3;1-2H3. The predicted octanol–water partition coefficient (Wildman–Crippen LogP) is 3.08. The molecular formula is C14H22N2O. The molecule has 1 fully saturated rings. The normalized spacial score (nSPS) is 13.8. The highest BCUT2D eigenvalue weighted by Crippen LogP contribution is 2.15. The van der Waals surface area contributed by atoms with Gasteiger partial charge in [0.2, 0.25) is 0 Å². The molecule has 0 aromatic carbocycles. The number of pyridine rings is 1. The Morgan fingerprint density at radius 3 is 2.41 bits per heavy atom. The van der Waals surface area contributed by atoms with E-state index in [-0.39, 0.29) is 5.91 Å². The van der Waals surface area contributed by atoms with Gasteiger partial charge in [0.1, 0.15) is 5.69 Å². The maximum Gasteiger partial charge on any atom is 0.272 e. The van der Waals surface area contributed by atoms with Crippen LogP contribution in [0.5, 0.6) is 0 Å². The van der Waals surface area contributed by atoms with Gasteiger partial charge in [-0.05, 0) is 24.5 Å². The van der Waals surface area contributed by atoms with E-state index in [9.17, 15) is 4.79 Å². The summed E-state index contributed by atoms with van der Waals surface area (Å²) < 4.78 is 0. The van der Waals surface area contributed by atoms with Crippen LogP contribution in [-0.4, -0.2) is 28.9 Å². The van der Waals surface area contributed by atoms with E-state index >= 15 is 0 Å². The van der Waals surface area contributed by atoms with Crippen LogP contribution in [0.15, 0.2) is 18.2 Å². The molecule has 1 amide bonds. The SMILES string of the molecule is CC.CC(C)c1cccc(C(=O)N2CCC2)n1. The molecule has 1 aliphatic heterocycles. The van der Waals surface area contributed by atoms with Crippen molar-refractivity contribution in [1.29, 1.82) is 0 Å². The van der Waals surface area contributed by atoms with Gasteiger partial charge in [0.25, 0.3) is 5.91 Å². The molecule has 3 nitrogen and oxygen atoms in total. The van der Waals surface area contributed by atoms with E-state index in [4.69, 9.17) is 0 Å². The van der Waals surface area contributed by atoms with Crippen molar-refractivity contribution < 1.29 is 4.79 Å². The van der Waals surface area contributed by atoms with Crippen LogP contribution in [0.3, 0.4) is 0 Å². The number of carbonyl (C=O) groups excluding carboxylic acids is 1. The summed E-state index contributed by atoms with van der Waals surface area (Å²) in [7, 11) is 0. The van der Waals surface area contributed by atoms with Crippen molar-refractivity contribution >= 4 is 5.91 Å². The van der Waals surface area contributed by atoms with Gasteiger partial charge < -0.3 is 4.90 Å². The number of nitrogens with zero attached hydrogens (tertiary/aromatic N) is 2. The van der Waals surface area contributed by atoms with Crippen LogP contribution in [-0.2, 0) is 0 Å². The summed E-state index contributed by atoms with van der Waals surface area (Å²) in [5.74, 6) is 0.442. The molecule has 2 rings (SSSR count). The number of rotatable bonds is 2. The monoisotopic (exact) mass is 234 g/mol. The van der Waals surface area contributed by atoms with Gasteiger partial charge in [-0.2, -0.15) is 0 Å². The zero-order valence-electron chi connectivity index (χ0n) is 11.2. The summed E-state index contributed by atoms with van der Waals surface area (Å²) >= 11 is 0. The van der Waals surface area contributed by atoms with Crippen LogP contribution < -0.4 is 0 Å². The van der Waals surface area contributed by atoms with Crippen LogP contribution in [0.1, 0.15) is 56.2 Å². The lowest BCUT2D eigenvalue weighted by Gasteiger charge is -2.30. The van der Waals surface area contributed by atoms with Crippen LogP contribution in [0.2, 0.25) is 0 Å². The Bertz CT molecular complexity index is 370. The van der Waals surface area contributed by atoms with E-state index in [1.807, 2.05) is 30.9 Å². The Hall–Kier alpha value is -1.38. The molecule has 17 heavy (non-hydrogen) atoms. The van der Waals surface area contributed by atoms with Gasteiger partial charge in [-0.1, -0.05) is 33.8 Å². The van der Waals surface area contributed by atoms with Crippen LogP contribution >= 0.6 is 0 Å². The molecule has 0 unspecified atom stereocenters. The van der Waals surface area contributed by atoms with Crippen molar-refractivity contribution in [2.24, 2.45) is 0 Å². The van der Waals surface area contributed by atoms with Crippen LogP contribution in [0, 0.1) is 0 Å². The van der Waals surface area contributed by atoms with Crippen molar-refractivity contribution in [3.63, 3.8) is 0 Å². The van der Waals surface area contributed by atoms with E-state index in [2.05, 4.69) is 18.8 Å². The quantitative estimate of drug-likeness (QED) is 0.788. The molecule has 0 bridgehead atoms. The highest BCUT2D eigenvalue weighted by Gasteiger charge is 2.22. The molecule has 1 aromatic heterocycles. The second-order valence-electron chi connectivity index (χ2n) is 4.25. The average Bonchev–Trinajstić information content (AvgIpc) is 2.29. The minimum Gasteiger partial charge on any atom is -0.337 e. The van der Waals surface area contributed by atoms with Crippen molar-refractivity contribution in [2.45, 2.75) is 40.0 Å². The van der Waals surface area contributed by atoms with Gasteiger partial charge in [-0.15, -0.1) is 0 Å². The van der Waals surface area contributed by atoms with E-state index < -0.39 is 0 Å². The maximum absolute atomic E-state index is 11.9. The van der Waals surface area contributed by atoms with Gasteiger partial charge in [0.15, 0.2) is 0 Å². The molecule has 1 saturated heterocycles. The second-order valence-corrected chi connectivity index (χ2v) is 4.25. The number of aromatic nitrogens is 1. The van der Waals surface area contributed by atoms with E-state index in [1.165, 1.54) is 0 Å². The topological polar surface area (TPSA) is 33.2 Å². The number of amides is 1. The first kappa shape index (κ1) is 13.7. The number of hydrogen-bond donors (Lipinski definition) is 0. The first-order valence-electron chi connectivity index (χ1n) is 6.44. The number of likely N-dealkylation sites (tertiary alicyclic amines) is 1. The Kier molecular flexibility index (Phi) is 5.13. The fourth-order valence-corrected chi connectivity index (χ4v) is 1.57. The van der Waals surface area contributed by atoms with Gasteiger partial charge in [0.05, 0.1) is 0 Å². The maximum atomic E-state index is 11.9. The van der Waals surface area contributed by atoms with Crippen molar-refractivity contribution in [3.05, 3.63) is 29.6 Å². The lowest BCUT2D eigenvalue weighted by molar-refractivity contribution is 0.0645. The summed E-state index contributed by atoms with van der Waals surface area (Å²) in [5.41, 5.74) is 1.57. The molecule has 1 aromatic rings. The van der Waals surface area contributed by atoms with Crippen LogP contribution in [0.4, 0.5) is 0 Å². The third kappa shape index (κ3) is 3.29. The molecule has 1 aliphatic rings. The van der Waals surface area contributed by atoms with Gasteiger partial charge in [-0.25, -0.2) is 4.98 Å². The van der Waals surface area contributed by atoms with E-state index in [0.717, 1.165) is 25.2 Å². The summed E-state index contributed by atoms with van der Waals surface area (Å²) in [5, 5.41) is 0. The summed E-state index contributed by atoms with van der Waals surface area (Å²) in [6.45, 7) is 9.93. The van der Waals surface area contributed by atoms with E-state index in [1.54, 1.807) is 6.07 Å². The lowest BCUT2D eigenvalue weighted by Crippen LogP contribution is -2.42. The lowest BCUT2D eigenvalue weighted by atomic mass is 10.1. The molecule has 2 heterocycles. The minimum atomic E-state index is 0.0729. The molecule has 0 atom stereocenters. The first-order chi connectivity index (χ1) is 8.18. The average molecular weight is 234 g/mol. The zero-order chi connectivity index (χ0) is 12.8. The van der Waals surface area contributed by atoms with Crippen LogP contribution in [0.25, 0.3) is 0 Å². The number of carbonyl (C=O) groups is 1. The highest BCUT2D eigenvalue weighted by atomic mass is 16.2. The van der Waals surface area contributed by atoms with Gasteiger partial charge >= 0.3 is 0 Å². The predicted molar refractivity (Wildman–Crippen MR) is 70.2 cm³/mol. The molecule has 3 heteroatoms. The smallest absolute Gasteiger partial charge is 0.272 e. The fourth-order valence-electron chi connectivity index (χ4n) is 1.57. The minimum absolute atomic E-state index is 0.0729.